The van der Waals surface area contributed by atoms with Gasteiger partial charge in [-0.15, -0.1) is 0 Å². The number of rotatable bonds is 10. The minimum absolute atomic E-state index is 0.00814. The van der Waals surface area contributed by atoms with Crippen LogP contribution in [0.25, 0.3) is 5.57 Å². The van der Waals surface area contributed by atoms with E-state index in [9.17, 15) is 18.3 Å². The Balaban J connectivity index is 1.00. The molecule has 1 aromatic carbocycles. The molecule has 53 heavy (non-hydrogen) atoms. The first-order valence-electron chi connectivity index (χ1n) is 21.0. The van der Waals surface area contributed by atoms with Gasteiger partial charge in [0.2, 0.25) is 10.0 Å². The maximum absolute atomic E-state index is 12.4. The van der Waals surface area contributed by atoms with Gasteiger partial charge in [-0.2, -0.15) is 4.31 Å². The summed E-state index contributed by atoms with van der Waals surface area (Å²) in [6.07, 6.45) is 16.3. The standard InChI is InChI=1S/C45H67N3O4S/c1-28(2)32-15-20-45(47-24-23-46-26-36-33-25-31(33)27-48(36)53(8,51)52)22-21-43(6)35(39(32)45)13-14-38-42(5)18-16-34(29-9-11-30(12-10-29)40(49)50)41(3,4)37(42)17-19-44(38,43)7/h9-12,16,31-33,35-39,46-47H,1,13-15,17-27H2,2-8H3,(H,49,50)/t31-,32-,33?,35+,36+,37-,38+,39+,42-,43+,44+,45-/m0/s1. The first-order valence-corrected chi connectivity index (χ1v) is 22.8. The predicted octanol–water partition coefficient (Wildman–Crippen LogP) is 8.25. The smallest absolute Gasteiger partial charge is 0.335 e. The number of carboxylic acids is 1. The van der Waals surface area contributed by atoms with Crippen molar-refractivity contribution >= 4 is 21.6 Å². The molecule has 1 unspecified atom stereocenters. The minimum atomic E-state index is -3.16. The van der Waals surface area contributed by atoms with Crippen LogP contribution in [0.2, 0.25) is 0 Å². The number of allylic oxidation sites excluding steroid dienone is 3. The van der Waals surface area contributed by atoms with Crippen molar-refractivity contribution in [2.45, 2.75) is 117 Å². The van der Waals surface area contributed by atoms with Gasteiger partial charge in [0, 0.05) is 37.8 Å². The Kier molecular flexibility index (Phi) is 9.12. The van der Waals surface area contributed by atoms with E-state index in [4.69, 9.17) is 0 Å². The van der Waals surface area contributed by atoms with E-state index in [-0.39, 0.29) is 33.2 Å². The summed E-state index contributed by atoms with van der Waals surface area (Å²) >= 11 is 0. The van der Waals surface area contributed by atoms with Crippen molar-refractivity contribution in [3.8, 4) is 0 Å². The average Bonchev–Trinajstić information content (AvgIpc) is 3.60. The number of piperidine rings is 1. The van der Waals surface area contributed by atoms with E-state index in [0.29, 0.717) is 53.5 Å². The maximum atomic E-state index is 12.4. The van der Waals surface area contributed by atoms with Crippen LogP contribution < -0.4 is 10.6 Å². The highest BCUT2D eigenvalue weighted by atomic mass is 32.2. The van der Waals surface area contributed by atoms with Gasteiger partial charge in [-0.3, -0.25) is 0 Å². The molecular formula is C45H67N3O4S. The highest BCUT2D eigenvalue weighted by Crippen LogP contribution is 2.76. The zero-order valence-corrected chi connectivity index (χ0v) is 34.5. The molecule has 3 N–H and O–H groups in total. The second kappa shape index (κ2) is 12.8. The van der Waals surface area contributed by atoms with Crippen molar-refractivity contribution in [2.24, 2.45) is 63.1 Å². The Hall–Kier alpha value is -2.00. The summed E-state index contributed by atoms with van der Waals surface area (Å²) in [5.74, 6) is 3.34. The Morgan fingerprint density at radius 2 is 1.68 bits per heavy atom. The SMILES string of the molecule is C=C(C)[C@@H]1CC[C@]2(NCCNC[C@@H]3C4C[C@H]4CN3S(C)(=O)=O)CC[C@]3(C)[C@H](CC[C@@H]4[C@@]5(C)CC=C(c6ccc(C(=O)O)cc6)C(C)(C)[C@@H]5CC[C@]43C)[C@@H]12. The highest BCUT2D eigenvalue weighted by Gasteiger charge is 2.70. The largest absolute Gasteiger partial charge is 0.478 e. The summed E-state index contributed by atoms with van der Waals surface area (Å²) in [5, 5.41) is 17.4. The molecule has 5 saturated carbocycles. The molecule has 7 aliphatic rings. The van der Waals surface area contributed by atoms with Crippen LogP contribution in [0, 0.1) is 63.1 Å². The van der Waals surface area contributed by atoms with Crippen LogP contribution in [0.15, 0.2) is 42.5 Å². The number of carbonyl (C=O) groups is 1. The van der Waals surface area contributed by atoms with E-state index in [2.05, 4.69) is 64.8 Å². The molecule has 6 aliphatic carbocycles. The van der Waals surface area contributed by atoms with E-state index >= 15 is 0 Å². The molecule has 0 aromatic heterocycles. The molecule has 0 radical (unpaired) electrons. The molecule has 0 amide bonds. The fourth-order valence-corrected chi connectivity index (χ4v) is 16.3. The zero-order chi connectivity index (χ0) is 37.9. The number of carboxylic acid groups (broad SMARTS) is 1. The van der Waals surface area contributed by atoms with Crippen LogP contribution in [-0.2, 0) is 10.0 Å². The van der Waals surface area contributed by atoms with Crippen LogP contribution >= 0.6 is 0 Å². The van der Waals surface area contributed by atoms with Crippen LogP contribution in [0.1, 0.15) is 122 Å². The summed E-state index contributed by atoms with van der Waals surface area (Å²) in [4.78, 5) is 11.6. The summed E-state index contributed by atoms with van der Waals surface area (Å²) in [6, 6.07) is 7.71. The Bertz CT molecular complexity index is 1790. The van der Waals surface area contributed by atoms with Crippen LogP contribution in [0.4, 0.5) is 0 Å². The summed E-state index contributed by atoms with van der Waals surface area (Å²) in [6.45, 7) is 23.1. The summed E-state index contributed by atoms with van der Waals surface area (Å²) < 4.78 is 26.6. The lowest BCUT2D eigenvalue weighted by molar-refractivity contribution is -0.219. The summed E-state index contributed by atoms with van der Waals surface area (Å²) in [7, 11) is -3.16. The van der Waals surface area contributed by atoms with Crippen molar-refractivity contribution in [3.63, 3.8) is 0 Å². The average molecular weight is 746 g/mol. The molecule has 12 atom stereocenters. The van der Waals surface area contributed by atoms with Gasteiger partial charge in [-0.1, -0.05) is 65.0 Å². The molecule has 1 aromatic rings. The van der Waals surface area contributed by atoms with Crippen LogP contribution in [0.5, 0.6) is 0 Å². The van der Waals surface area contributed by atoms with Crippen molar-refractivity contribution in [1.82, 2.24) is 14.9 Å². The molecule has 1 saturated heterocycles. The second-order valence-corrected chi connectivity index (χ2v) is 22.4. The molecule has 6 fully saturated rings. The number of nitrogens with one attached hydrogen (secondary N) is 2. The lowest BCUT2D eigenvalue weighted by atomic mass is 9.33. The highest BCUT2D eigenvalue weighted by molar-refractivity contribution is 7.88. The van der Waals surface area contributed by atoms with Crippen LogP contribution in [0.3, 0.4) is 0 Å². The number of aromatic carboxylic acids is 1. The molecule has 0 spiro atoms. The fraction of sp³-hybridized carbons (Fsp3) is 0.756. The second-order valence-electron chi connectivity index (χ2n) is 20.5. The minimum Gasteiger partial charge on any atom is -0.478 e. The van der Waals surface area contributed by atoms with Gasteiger partial charge in [-0.25, -0.2) is 13.2 Å². The van der Waals surface area contributed by atoms with Gasteiger partial charge in [0.25, 0.3) is 0 Å². The lowest BCUT2D eigenvalue weighted by Crippen LogP contribution is -2.68. The monoisotopic (exact) mass is 745 g/mol. The van der Waals surface area contributed by atoms with Gasteiger partial charge in [-0.05, 0) is 157 Å². The number of benzene rings is 1. The number of hydrogen-bond donors (Lipinski definition) is 3. The fourth-order valence-electron chi connectivity index (χ4n) is 15.2. The Morgan fingerprint density at radius 3 is 2.36 bits per heavy atom. The number of sulfonamides is 1. The van der Waals surface area contributed by atoms with Crippen molar-refractivity contribution < 1.29 is 18.3 Å². The van der Waals surface area contributed by atoms with Crippen molar-refractivity contribution in [1.29, 1.82) is 0 Å². The Morgan fingerprint density at radius 1 is 0.943 bits per heavy atom. The van der Waals surface area contributed by atoms with Gasteiger partial charge in [0.15, 0.2) is 0 Å². The molecule has 0 bridgehead atoms. The van der Waals surface area contributed by atoms with Crippen molar-refractivity contribution in [3.05, 3.63) is 53.6 Å². The predicted molar refractivity (Wildman–Crippen MR) is 214 cm³/mol. The van der Waals surface area contributed by atoms with Gasteiger partial charge in [0.1, 0.15) is 0 Å². The first-order chi connectivity index (χ1) is 24.9. The normalized spacial score (nSPS) is 44.2. The molecule has 292 valence electrons. The van der Waals surface area contributed by atoms with E-state index in [1.165, 1.54) is 80.8 Å². The summed E-state index contributed by atoms with van der Waals surface area (Å²) in [5.41, 5.74) is 5.22. The van der Waals surface area contributed by atoms with E-state index < -0.39 is 16.0 Å². The number of nitrogens with zero attached hydrogens (tertiary/aromatic N) is 1. The van der Waals surface area contributed by atoms with E-state index in [1.807, 2.05) is 12.1 Å². The molecule has 7 nitrogen and oxygen atoms in total. The third-order valence-corrected chi connectivity index (χ3v) is 19.2. The molecule has 1 aliphatic heterocycles. The van der Waals surface area contributed by atoms with Crippen molar-refractivity contribution in [2.75, 3.05) is 32.4 Å². The topological polar surface area (TPSA) is 98.7 Å². The van der Waals surface area contributed by atoms with Gasteiger partial charge >= 0.3 is 5.97 Å². The number of hydrogen-bond acceptors (Lipinski definition) is 5. The molecule has 8 heteroatoms. The van der Waals surface area contributed by atoms with Gasteiger partial charge in [0.05, 0.1) is 11.8 Å². The van der Waals surface area contributed by atoms with Gasteiger partial charge < -0.3 is 15.7 Å². The number of fused-ring (bicyclic) bond motifs is 8. The zero-order valence-electron chi connectivity index (χ0n) is 33.6. The molecule has 1 heterocycles. The maximum Gasteiger partial charge on any atom is 0.335 e. The van der Waals surface area contributed by atoms with E-state index in [1.54, 1.807) is 16.4 Å². The first kappa shape index (κ1) is 37.9. The molecular weight excluding hydrogens is 679 g/mol. The Labute approximate surface area is 320 Å². The molecule has 8 rings (SSSR count). The lowest BCUT2D eigenvalue weighted by Gasteiger charge is -2.72. The third-order valence-electron chi connectivity index (χ3n) is 17.9. The third kappa shape index (κ3) is 5.71. The van der Waals surface area contributed by atoms with E-state index in [0.717, 1.165) is 26.1 Å². The van der Waals surface area contributed by atoms with Crippen LogP contribution in [-0.4, -0.2) is 67.8 Å². The quantitative estimate of drug-likeness (QED) is 0.165.